The molecule has 0 bridgehead atoms. The summed E-state index contributed by atoms with van der Waals surface area (Å²) >= 11 is 5.99. The molecule has 0 aliphatic carbocycles. The lowest BCUT2D eigenvalue weighted by atomic mass is 10.0. The van der Waals surface area contributed by atoms with Crippen molar-refractivity contribution < 1.29 is 14.7 Å². The Morgan fingerprint density at radius 1 is 1.44 bits per heavy atom. The summed E-state index contributed by atoms with van der Waals surface area (Å²) < 4.78 is 0. The molecule has 0 aliphatic heterocycles. The number of aryl methyl sites for hydroxylation is 1. The van der Waals surface area contributed by atoms with Gasteiger partial charge in [0.2, 0.25) is 6.41 Å². The van der Waals surface area contributed by atoms with Crippen LogP contribution in [-0.2, 0) is 9.59 Å². The van der Waals surface area contributed by atoms with E-state index in [2.05, 4.69) is 0 Å². The Labute approximate surface area is 111 Å². The molecule has 1 N–H and O–H groups in total. The number of hydrogen-bond donors (Lipinski definition) is 1. The molecule has 1 atom stereocenters. The number of aliphatic carboxylic acids is 1. The van der Waals surface area contributed by atoms with Crippen LogP contribution in [0, 0.1) is 6.92 Å². The van der Waals surface area contributed by atoms with Crippen LogP contribution in [0.1, 0.15) is 31.0 Å². The molecular formula is C13H16ClNO3. The van der Waals surface area contributed by atoms with E-state index in [1.54, 1.807) is 32.0 Å². The van der Waals surface area contributed by atoms with Gasteiger partial charge in [-0.3, -0.25) is 4.79 Å². The third kappa shape index (κ3) is 3.01. The molecule has 0 spiro atoms. The molecule has 0 aliphatic rings. The zero-order valence-corrected chi connectivity index (χ0v) is 11.3. The Morgan fingerprint density at radius 2 is 2.06 bits per heavy atom. The van der Waals surface area contributed by atoms with Crippen LogP contribution in [-0.4, -0.2) is 28.4 Å². The van der Waals surface area contributed by atoms with Gasteiger partial charge in [0.1, 0.15) is 0 Å². The number of amides is 1. The van der Waals surface area contributed by atoms with Crippen molar-refractivity contribution >= 4 is 24.0 Å². The van der Waals surface area contributed by atoms with E-state index in [0.717, 1.165) is 5.56 Å². The summed E-state index contributed by atoms with van der Waals surface area (Å²) in [6, 6.07) is 3.80. The summed E-state index contributed by atoms with van der Waals surface area (Å²) in [6.07, 6.45) is 0.553. The molecular weight excluding hydrogens is 254 g/mol. The van der Waals surface area contributed by atoms with Gasteiger partial charge < -0.3 is 10.0 Å². The number of rotatable bonds is 5. The van der Waals surface area contributed by atoms with E-state index in [1.807, 2.05) is 6.92 Å². The zero-order valence-electron chi connectivity index (χ0n) is 10.6. The zero-order chi connectivity index (χ0) is 13.9. The van der Waals surface area contributed by atoms with Crippen molar-refractivity contribution in [1.82, 2.24) is 4.90 Å². The van der Waals surface area contributed by atoms with Crippen molar-refractivity contribution in [2.45, 2.75) is 32.9 Å². The SMILES string of the molecule is Cc1ccc(C(C(=O)O)N(C=O)C(C)C)cc1Cl. The number of carboxylic acid groups (broad SMARTS) is 1. The number of benzene rings is 1. The summed E-state index contributed by atoms with van der Waals surface area (Å²) in [6.45, 7) is 5.36. The van der Waals surface area contributed by atoms with Crippen LogP contribution < -0.4 is 0 Å². The summed E-state index contributed by atoms with van der Waals surface area (Å²) in [7, 11) is 0. The number of carbonyl (C=O) groups excluding carboxylic acids is 1. The van der Waals surface area contributed by atoms with Crippen molar-refractivity contribution in [3.05, 3.63) is 34.3 Å². The minimum Gasteiger partial charge on any atom is -0.479 e. The molecule has 1 aromatic carbocycles. The maximum Gasteiger partial charge on any atom is 0.331 e. The molecule has 0 aromatic heterocycles. The fourth-order valence-corrected chi connectivity index (χ4v) is 1.89. The Hall–Kier alpha value is -1.55. The third-order valence-electron chi connectivity index (χ3n) is 2.76. The Morgan fingerprint density at radius 3 is 2.44 bits per heavy atom. The van der Waals surface area contributed by atoms with Gasteiger partial charge >= 0.3 is 5.97 Å². The summed E-state index contributed by atoms with van der Waals surface area (Å²) in [5.74, 6) is -1.07. The van der Waals surface area contributed by atoms with Gasteiger partial charge in [-0.25, -0.2) is 4.79 Å². The molecule has 18 heavy (non-hydrogen) atoms. The predicted molar refractivity (Wildman–Crippen MR) is 69.6 cm³/mol. The lowest BCUT2D eigenvalue weighted by molar-refractivity contribution is -0.147. The maximum absolute atomic E-state index is 11.4. The summed E-state index contributed by atoms with van der Waals surface area (Å²) in [5, 5.41) is 9.79. The average molecular weight is 270 g/mol. The van der Waals surface area contributed by atoms with E-state index >= 15 is 0 Å². The van der Waals surface area contributed by atoms with Crippen molar-refractivity contribution in [2.75, 3.05) is 0 Å². The molecule has 0 radical (unpaired) electrons. The van der Waals surface area contributed by atoms with Crippen LogP contribution in [0.5, 0.6) is 0 Å². The van der Waals surface area contributed by atoms with Crippen LogP contribution in [0.15, 0.2) is 18.2 Å². The van der Waals surface area contributed by atoms with Gasteiger partial charge in [0.15, 0.2) is 6.04 Å². The molecule has 1 aromatic rings. The molecule has 0 saturated heterocycles. The Bertz CT molecular complexity index is 460. The monoisotopic (exact) mass is 269 g/mol. The first kappa shape index (κ1) is 14.5. The van der Waals surface area contributed by atoms with Crippen LogP contribution in [0.2, 0.25) is 5.02 Å². The first-order chi connectivity index (χ1) is 8.38. The largest absolute Gasteiger partial charge is 0.479 e. The van der Waals surface area contributed by atoms with Gasteiger partial charge in [-0.05, 0) is 38.0 Å². The van der Waals surface area contributed by atoms with Crippen LogP contribution in [0.25, 0.3) is 0 Å². The molecule has 98 valence electrons. The maximum atomic E-state index is 11.4. The lowest BCUT2D eigenvalue weighted by Gasteiger charge is -2.29. The second-order valence-corrected chi connectivity index (χ2v) is 4.80. The van der Waals surface area contributed by atoms with Crippen LogP contribution in [0.3, 0.4) is 0 Å². The third-order valence-corrected chi connectivity index (χ3v) is 3.17. The summed E-state index contributed by atoms with van der Waals surface area (Å²) in [5.41, 5.74) is 1.37. The standard InChI is InChI=1S/C13H16ClNO3/c1-8(2)15(7-16)12(13(17)18)10-5-4-9(3)11(14)6-10/h4-8,12H,1-3H3,(H,17,18). The van der Waals surface area contributed by atoms with E-state index in [1.165, 1.54) is 4.90 Å². The van der Waals surface area contributed by atoms with Crippen LogP contribution in [0.4, 0.5) is 0 Å². The molecule has 1 unspecified atom stereocenters. The van der Waals surface area contributed by atoms with Crippen molar-refractivity contribution in [2.24, 2.45) is 0 Å². The first-order valence-corrected chi connectivity index (χ1v) is 5.98. The van der Waals surface area contributed by atoms with E-state index in [9.17, 15) is 14.7 Å². The van der Waals surface area contributed by atoms with E-state index in [0.29, 0.717) is 17.0 Å². The fraction of sp³-hybridized carbons (Fsp3) is 0.385. The molecule has 5 heteroatoms. The quantitative estimate of drug-likeness (QED) is 0.836. The minimum atomic E-state index is -1.07. The van der Waals surface area contributed by atoms with Gasteiger partial charge in [0.05, 0.1) is 0 Å². The minimum absolute atomic E-state index is 0.205. The topological polar surface area (TPSA) is 57.6 Å². The molecule has 1 amide bonds. The number of carbonyl (C=O) groups is 2. The second kappa shape index (κ2) is 5.87. The highest BCUT2D eigenvalue weighted by molar-refractivity contribution is 6.31. The van der Waals surface area contributed by atoms with Gasteiger partial charge in [-0.15, -0.1) is 0 Å². The van der Waals surface area contributed by atoms with Crippen LogP contribution >= 0.6 is 11.6 Å². The highest BCUT2D eigenvalue weighted by atomic mass is 35.5. The summed E-state index contributed by atoms with van der Waals surface area (Å²) in [4.78, 5) is 23.7. The van der Waals surface area contributed by atoms with Gasteiger partial charge in [-0.1, -0.05) is 23.7 Å². The van der Waals surface area contributed by atoms with Crippen molar-refractivity contribution in [1.29, 1.82) is 0 Å². The second-order valence-electron chi connectivity index (χ2n) is 4.40. The molecule has 0 fully saturated rings. The smallest absolute Gasteiger partial charge is 0.331 e. The molecule has 0 heterocycles. The van der Waals surface area contributed by atoms with E-state index in [-0.39, 0.29) is 6.04 Å². The Balaban J connectivity index is 3.23. The number of halogens is 1. The molecule has 0 saturated carbocycles. The Kier molecular flexibility index (Phi) is 4.73. The van der Waals surface area contributed by atoms with Crippen molar-refractivity contribution in [3.8, 4) is 0 Å². The van der Waals surface area contributed by atoms with Crippen molar-refractivity contribution in [3.63, 3.8) is 0 Å². The normalized spacial score (nSPS) is 12.3. The number of carboxylic acids is 1. The van der Waals surface area contributed by atoms with Gasteiger partial charge in [0.25, 0.3) is 0 Å². The fourth-order valence-electron chi connectivity index (χ4n) is 1.70. The predicted octanol–water partition coefficient (Wildman–Crippen LogP) is 2.64. The highest BCUT2D eigenvalue weighted by Gasteiger charge is 2.28. The number of nitrogens with zero attached hydrogens (tertiary/aromatic N) is 1. The molecule has 1 rings (SSSR count). The number of hydrogen-bond acceptors (Lipinski definition) is 2. The average Bonchev–Trinajstić information content (AvgIpc) is 2.28. The van der Waals surface area contributed by atoms with Gasteiger partial charge in [-0.2, -0.15) is 0 Å². The first-order valence-electron chi connectivity index (χ1n) is 5.60. The van der Waals surface area contributed by atoms with E-state index in [4.69, 9.17) is 11.6 Å². The molecule has 4 nitrogen and oxygen atoms in total. The highest BCUT2D eigenvalue weighted by Crippen LogP contribution is 2.26. The lowest BCUT2D eigenvalue weighted by Crippen LogP contribution is -2.38. The van der Waals surface area contributed by atoms with E-state index < -0.39 is 12.0 Å². The van der Waals surface area contributed by atoms with Gasteiger partial charge in [0, 0.05) is 11.1 Å².